The number of hydrogen-bond acceptors (Lipinski definition) is 5. The first-order chi connectivity index (χ1) is 9.22. The van der Waals surface area contributed by atoms with E-state index in [2.05, 4.69) is 5.32 Å². The molecule has 0 saturated carbocycles. The predicted octanol–water partition coefficient (Wildman–Crippen LogP) is 1.98. The molecule has 1 aliphatic heterocycles. The highest BCUT2D eigenvalue weighted by Gasteiger charge is 2.22. The Hall–Kier alpha value is -1.82. The number of ether oxygens (including phenoxy) is 2. The number of benzene rings is 1. The van der Waals surface area contributed by atoms with Crippen molar-refractivity contribution in [2.24, 2.45) is 5.92 Å². The second-order valence-electron chi connectivity index (χ2n) is 4.56. The SMILES string of the molecule is COc1cccc(OCCC2CCNC2)c1[N+](=O)[O-]. The molecule has 1 saturated heterocycles. The van der Waals surface area contributed by atoms with Crippen molar-refractivity contribution >= 4 is 5.69 Å². The Kier molecular flexibility index (Phi) is 4.57. The smallest absolute Gasteiger partial charge is 0.352 e. The molecule has 1 fully saturated rings. The Morgan fingerprint density at radius 3 is 2.89 bits per heavy atom. The van der Waals surface area contributed by atoms with Gasteiger partial charge in [-0.25, -0.2) is 0 Å². The maximum absolute atomic E-state index is 11.1. The lowest BCUT2D eigenvalue weighted by molar-refractivity contribution is -0.386. The lowest BCUT2D eigenvalue weighted by atomic mass is 10.1. The van der Waals surface area contributed by atoms with E-state index in [0.717, 1.165) is 25.9 Å². The third kappa shape index (κ3) is 3.35. The van der Waals surface area contributed by atoms with E-state index in [1.165, 1.54) is 7.11 Å². The first-order valence-electron chi connectivity index (χ1n) is 6.37. The van der Waals surface area contributed by atoms with E-state index >= 15 is 0 Å². The summed E-state index contributed by atoms with van der Waals surface area (Å²) in [6, 6.07) is 4.86. The molecule has 1 N–H and O–H groups in total. The zero-order valence-electron chi connectivity index (χ0n) is 10.9. The van der Waals surface area contributed by atoms with Gasteiger partial charge in [0.25, 0.3) is 0 Å². The van der Waals surface area contributed by atoms with Crippen molar-refractivity contribution in [3.8, 4) is 11.5 Å². The number of para-hydroxylation sites is 1. The van der Waals surface area contributed by atoms with Crippen molar-refractivity contribution in [2.75, 3.05) is 26.8 Å². The van der Waals surface area contributed by atoms with Crippen LogP contribution in [0.1, 0.15) is 12.8 Å². The summed E-state index contributed by atoms with van der Waals surface area (Å²) in [5.74, 6) is 1.10. The van der Waals surface area contributed by atoms with E-state index in [4.69, 9.17) is 9.47 Å². The van der Waals surface area contributed by atoms with Gasteiger partial charge in [0.1, 0.15) is 0 Å². The normalized spacial score (nSPS) is 18.3. The Balaban J connectivity index is 2.00. The molecule has 104 valence electrons. The lowest BCUT2D eigenvalue weighted by Gasteiger charge is -2.11. The van der Waals surface area contributed by atoms with Crippen molar-refractivity contribution in [2.45, 2.75) is 12.8 Å². The molecule has 1 heterocycles. The van der Waals surface area contributed by atoms with Crippen LogP contribution >= 0.6 is 0 Å². The summed E-state index contributed by atoms with van der Waals surface area (Å²) >= 11 is 0. The second kappa shape index (κ2) is 6.38. The standard InChI is InChI=1S/C13H18N2O4/c1-18-11-3-2-4-12(13(11)15(16)17)19-8-6-10-5-7-14-9-10/h2-4,10,14H,5-9H2,1H3. The van der Waals surface area contributed by atoms with E-state index in [1.54, 1.807) is 18.2 Å². The molecule has 0 aliphatic carbocycles. The van der Waals surface area contributed by atoms with Crippen LogP contribution in [0.25, 0.3) is 0 Å². The quantitative estimate of drug-likeness (QED) is 0.629. The number of nitro groups is 1. The molecular weight excluding hydrogens is 248 g/mol. The average Bonchev–Trinajstić information content (AvgIpc) is 2.91. The van der Waals surface area contributed by atoms with Crippen LogP contribution in [0.3, 0.4) is 0 Å². The van der Waals surface area contributed by atoms with Crippen molar-refractivity contribution in [3.63, 3.8) is 0 Å². The number of nitro benzene ring substituents is 1. The van der Waals surface area contributed by atoms with Crippen LogP contribution in [0.5, 0.6) is 11.5 Å². The summed E-state index contributed by atoms with van der Waals surface area (Å²) in [7, 11) is 1.41. The maximum atomic E-state index is 11.1. The zero-order valence-corrected chi connectivity index (χ0v) is 10.9. The monoisotopic (exact) mass is 266 g/mol. The van der Waals surface area contributed by atoms with Gasteiger partial charge in [-0.15, -0.1) is 0 Å². The van der Waals surface area contributed by atoms with Gasteiger partial charge in [-0.1, -0.05) is 6.07 Å². The van der Waals surface area contributed by atoms with Gasteiger partial charge in [0.2, 0.25) is 11.5 Å². The summed E-state index contributed by atoms with van der Waals surface area (Å²) in [4.78, 5) is 10.6. The molecule has 0 amide bonds. The van der Waals surface area contributed by atoms with Crippen LogP contribution < -0.4 is 14.8 Å². The van der Waals surface area contributed by atoms with E-state index in [9.17, 15) is 10.1 Å². The maximum Gasteiger partial charge on any atom is 0.352 e. The molecule has 6 nitrogen and oxygen atoms in total. The van der Waals surface area contributed by atoms with Crippen molar-refractivity contribution in [1.29, 1.82) is 0 Å². The second-order valence-corrected chi connectivity index (χ2v) is 4.56. The molecule has 1 aromatic rings. The Bertz CT molecular complexity index is 444. The summed E-state index contributed by atoms with van der Waals surface area (Å²) < 4.78 is 10.5. The van der Waals surface area contributed by atoms with Gasteiger partial charge in [0.15, 0.2) is 0 Å². The molecule has 0 spiro atoms. The topological polar surface area (TPSA) is 73.6 Å². The predicted molar refractivity (Wildman–Crippen MR) is 70.7 cm³/mol. The molecule has 2 rings (SSSR count). The lowest BCUT2D eigenvalue weighted by Crippen LogP contribution is -2.12. The van der Waals surface area contributed by atoms with Gasteiger partial charge in [-0.2, -0.15) is 0 Å². The Labute approximate surface area is 111 Å². The minimum Gasteiger partial charge on any atom is -0.490 e. The van der Waals surface area contributed by atoms with Crippen molar-refractivity contribution in [1.82, 2.24) is 5.32 Å². The molecule has 1 aromatic carbocycles. The fourth-order valence-electron chi connectivity index (χ4n) is 2.26. The first-order valence-corrected chi connectivity index (χ1v) is 6.37. The number of methoxy groups -OCH3 is 1. The summed E-state index contributed by atoms with van der Waals surface area (Å²) in [6.07, 6.45) is 2.05. The minimum atomic E-state index is -0.467. The fourth-order valence-corrected chi connectivity index (χ4v) is 2.26. The number of nitrogens with zero attached hydrogens (tertiary/aromatic N) is 1. The third-order valence-corrected chi connectivity index (χ3v) is 3.31. The Morgan fingerprint density at radius 2 is 2.26 bits per heavy atom. The summed E-state index contributed by atoms with van der Waals surface area (Å²) in [5, 5.41) is 14.3. The number of rotatable bonds is 6. The average molecular weight is 266 g/mol. The molecular formula is C13H18N2O4. The highest BCUT2D eigenvalue weighted by atomic mass is 16.6. The molecule has 6 heteroatoms. The molecule has 1 aliphatic rings. The molecule has 0 bridgehead atoms. The molecule has 0 aromatic heterocycles. The largest absolute Gasteiger partial charge is 0.490 e. The molecule has 19 heavy (non-hydrogen) atoms. The highest BCUT2D eigenvalue weighted by Crippen LogP contribution is 2.36. The van der Waals surface area contributed by atoms with Crippen LogP contribution in [0.4, 0.5) is 5.69 Å². The van der Waals surface area contributed by atoms with Gasteiger partial charge >= 0.3 is 5.69 Å². The van der Waals surface area contributed by atoms with Gasteiger partial charge in [0, 0.05) is 0 Å². The van der Waals surface area contributed by atoms with Crippen LogP contribution in [0, 0.1) is 16.0 Å². The van der Waals surface area contributed by atoms with Gasteiger partial charge in [-0.05, 0) is 44.0 Å². The van der Waals surface area contributed by atoms with Crippen LogP contribution in [0.15, 0.2) is 18.2 Å². The molecule has 1 unspecified atom stereocenters. The van der Waals surface area contributed by atoms with E-state index in [-0.39, 0.29) is 17.2 Å². The van der Waals surface area contributed by atoms with Gasteiger partial charge < -0.3 is 14.8 Å². The number of hydrogen-bond donors (Lipinski definition) is 1. The highest BCUT2D eigenvalue weighted by molar-refractivity contribution is 5.57. The van der Waals surface area contributed by atoms with Crippen LogP contribution in [0.2, 0.25) is 0 Å². The molecule has 0 radical (unpaired) electrons. The van der Waals surface area contributed by atoms with Gasteiger partial charge in [0.05, 0.1) is 18.6 Å². The Morgan fingerprint density at radius 1 is 1.47 bits per heavy atom. The van der Waals surface area contributed by atoms with E-state index in [0.29, 0.717) is 12.5 Å². The first kappa shape index (κ1) is 13.6. The van der Waals surface area contributed by atoms with E-state index in [1.807, 2.05) is 0 Å². The van der Waals surface area contributed by atoms with Crippen molar-refractivity contribution in [3.05, 3.63) is 28.3 Å². The fraction of sp³-hybridized carbons (Fsp3) is 0.538. The minimum absolute atomic E-state index is 0.102. The summed E-state index contributed by atoms with van der Waals surface area (Å²) in [6.45, 7) is 2.54. The van der Waals surface area contributed by atoms with Crippen LogP contribution in [-0.2, 0) is 0 Å². The number of nitrogens with one attached hydrogen (secondary N) is 1. The van der Waals surface area contributed by atoms with E-state index < -0.39 is 4.92 Å². The summed E-state index contributed by atoms with van der Waals surface area (Å²) in [5.41, 5.74) is -0.102. The van der Waals surface area contributed by atoms with Gasteiger partial charge in [-0.3, -0.25) is 10.1 Å². The molecule has 1 atom stereocenters. The third-order valence-electron chi connectivity index (χ3n) is 3.31. The van der Waals surface area contributed by atoms with Crippen LogP contribution in [-0.4, -0.2) is 31.7 Å². The van der Waals surface area contributed by atoms with Crippen molar-refractivity contribution < 1.29 is 14.4 Å². The zero-order chi connectivity index (χ0) is 13.7.